The summed E-state index contributed by atoms with van der Waals surface area (Å²) in [5.74, 6) is 1.80. The van der Waals surface area contributed by atoms with Crippen LogP contribution >= 0.6 is 0 Å². The number of hydrogen-bond acceptors (Lipinski definition) is 6. The summed E-state index contributed by atoms with van der Waals surface area (Å²) < 4.78 is 2.11. The third-order valence-electron chi connectivity index (χ3n) is 5.21. The number of likely N-dealkylation sites (tertiary alicyclic amines) is 1. The first-order chi connectivity index (χ1) is 14.0. The van der Waals surface area contributed by atoms with Crippen LogP contribution in [0.15, 0.2) is 30.6 Å². The smallest absolute Gasteiger partial charge is 0.222 e. The summed E-state index contributed by atoms with van der Waals surface area (Å²) in [5.41, 5.74) is 9.18. The van der Waals surface area contributed by atoms with E-state index in [-0.39, 0.29) is 11.9 Å². The minimum Gasteiger partial charge on any atom is -0.399 e. The molecule has 0 radical (unpaired) electrons. The molecule has 4 rings (SSSR count). The molecule has 1 aromatic carbocycles. The molecule has 3 aromatic rings. The monoisotopic (exact) mass is 393 g/mol. The third-order valence-corrected chi connectivity index (χ3v) is 5.21. The zero-order valence-electron chi connectivity index (χ0n) is 16.9. The molecule has 29 heavy (non-hydrogen) atoms. The largest absolute Gasteiger partial charge is 0.399 e. The van der Waals surface area contributed by atoms with Crippen molar-refractivity contribution in [3.05, 3.63) is 30.6 Å². The first-order valence-electron chi connectivity index (χ1n) is 10.1. The molecule has 0 saturated carbocycles. The summed E-state index contributed by atoms with van der Waals surface area (Å²) in [4.78, 5) is 27.5. The number of imidazole rings is 1. The molecule has 1 amide bonds. The molecule has 3 N–H and O–H groups in total. The predicted molar refractivity (Wildman–Crippen MR) is 114 cm³/mol. The van der Waals surface area contributed by atoms with Crippen LogP contribution in [0, 0.1) is 0 Å². The van der Waals surface area contributed by atoms with Gasteiger partial charge < -0.3 is 20.5 Å². The van der Waals surface area contributed by atoms with E-state index < -0.39 is 0 Å². The lowest BCUT2D eigenvalue weighted by Gasteiger charge is -2.15. The van der Waals surface area contributed by atoms with Gasteiger partial charge in [-0.05, 0) is 38.8 Å². The van der Waals surface area contributed by atoms with E-state index >= 15 is 0 Å². The number of rotatable bonds is 7. The van der Waals surface area contributed by atoms with Crippen molar-refractivity contribution in [1.29, 1.82) is 0 Å². The number of anilines is 2. The Morgan fingerprint density at radius 2 is 2.14 bits per heavy atom. The SMILES string of the molecule is CC(C)n1c(-c2cccc(N)c2)nc2c(NCCCN3CCCC3=O)ncnc21. The molecule has 1 aliphatic rings. The molecule has 152 valence electrons. The summed E-state index contributed by atoms with van der Waals surface area (Å²) >= 11 is 0. The summed E-state index contributed by atoms with van der Waals surface area (Å²) in [6.45, 7) is 6.59. The molecular weight excluding hydrogens is 366 g/mol. The normalized spacial score (nSPS) is 14.3. The molecule has 0 aliphatic carbocycles. The first-order valence-corrected chi connectivity index (χ1v) is 10.1. The Labute approximate surface area is 170 Å². The molecule has 1 aliphatic heterocycles. The minimum absolute atomic E-state index is 0.181. The van der Waals surface area contributed by atoms with Crippen LogP contribution in [0.25, 0.3) is 22.6 Å². The van der Waals surface area contributed by atoms with Crippen LogP contribution in [-0.2, 0) is 4.79 Å². The van der Waals surface area contributed by atoms with Crippen LogP contribution in [0.4, 0.5) is 11.5 Å². The zero-order valence-corrected chi connectivity index (χ0v) is 16.9. The second-order valence-electron chi connectivity index (χ2n) is 7.68. The number of carbonyl (C=O) groups is 1. The zero-order chi connectivity index (χ0) is 20.4. The standard InChI is InChI=1S/C21H27N7O/c1-14(2)28-20(15-6-3-7-16(22)12-15)26-18-19(24-13-25-21(18)28)23-9-5-11-27-10-4-8-17(27)29/h3,6-7,12-14H,4-5,8-11,22H2,1-2H3,(H,23,24,25). The molecule has 0 bridgehead atoms. The van der Waals surface area contributed by atoms with Crippen LogP contribution in [0.5, 0.6) is 0 Å². The van der Waals surface area contributed by atoms with E-state index in [2.05, 4.69) is 33.7 Å². The number of nitrogens with one attached hydrogen (secondary N) is 1. The molecule has 1 saturated heterocycles. The van der Waals surface area contributed by atoms with Crippen molar-refractivity contribution < 1.29 is 4.79 Å². The Kier molecular flexibility index (Phi) is 5.33. The van der Waals surface area contributed by atoms with Crippen LogP contribution in [0.3, 0.4) is 0 Å². The maximum Gasteiger partial charge on any atom is 0.222 e. The molecule has 1 fully saturated rings. The average Bonchev–Trinajstić information content (AvgIpc) is 3.29. The summed E-state index contributed by atoms with van der Waals surface area (Å²) in [6, 6.07) is 7.90. The van der Waals surface area contributed by atoms with Gasteiger partial charge in [-0.2, -0.15) is 0 Å². The van der Waals surface area contributed by atoms with Crippen molar-refractivity contribution in [2.24, 2.45) is 0 Å². The van der Waals surface area contributed by atoms with E-state index in [4.69, 9.17) is 10.7 Å². The third kappa shape index (κ3) is 3.87. The number of fused-ring (bicyclic) bond motifs is 1. The fourth-order valence-electron chi connectivity index (χ4n) is 3.83. The number of nitrogens with two attached hydrogens (primary N) is 1. The van der Waals surface area contributed by atoms with Crippen LogP contribution < -0.4 is 11.1 Å². The number of amides is 1. The van der Waals surface area contributed by atoms with Crippen molar-refractivity contribution in [2.75, 3.05) is 30.7 Å². The van der Waals surface area contributed by atoms with E-state index in [1.54, 1.807) is 6.33 Å². The van der Waals surface area contributed by atoms with Gasteiger partial charge in [0.25, 0.3) is 0 Å². The number of nitrogen functional groups attached to an aromatic ring is 1. The van der Waals surface area contributed by atoms with Crippen molar-refractivity contribution in [2.45, 2.75) is 39.2 Å². The summed E-state index contributed by atoms with van der Waals surface area (Å²) in [5, 5.41) is 3.38. The second-order valence-corrected chi connectivity index (χ2v) is 7.68. The minimum atomic E-state index is 0.181. The van der Waals surface area contributed by atoms with Gasteiger partial charge in [-0.3, -0.25) is 4.79 Å². The Balaban J connectivity index is 1.59. The number of nitrogens with zero attached hydrogens (tertiary/aromatic N) is 5. The lowest BCUT2D eigenvalue weighted by Crippen LogP contribution is -2.27. The van der Waals surface area contributed by atoms with E-state index in [1.807, 2.05) is 29.2 Å². The van der Waals surface area contributed by atoms with E-state index in [0.717, 1.165) is 55.0 Å². The Morgan fingerprint density at radius 1 is 1.28 bits per heavy atom. The average molecular weight is 393 g/mol. The Bertz CT molecular complexity index is 1030. The number of carbonyl (C=O) groups excluding carboxylic acids is 1. The highest BCUT2D eigenvalue weighted by atomic mass is 16.2. The first kappa shape index (κ1) is 19.2. The van der Waals surface area contributed by atoms with Gasteiger partial charge in [0.15, 0.2) is 17.0 Å². The fourth-order valence-corrected chi connectivity index (χ4v) is 3.83. The van der Waals surface area contributed by atoms with Crippen molar-refractivity contribution in [3.63, 3.8) is 0 Å². The predicted octanol–water partition coefficient (Wildman–Crippen LogP) is 3.08. The second kappa shape index (κ2) is 8.06. The van der Waals surface area contributed by atoms with Crippen LogP contribution in [0.1, 0.15) is 39.2 Å². The molecular formula is C21H27N7O. The molecule has 0 spiro atoms. The van der Waals surface area contributed by atoms with Gasteiger partial charge in [0.1, 0.15) is 12.2 Å². The van der Waals surface area contributed by atoms with Gasteiger partial charge in [0.05, 0.1) is 0 Å². The number of benzene rings is 1. The highest BCUT2D eigenvalue weighted by Crippen LogP contribution is 2.30. The lowest BCUT2D eigenvalue weighted by molar-refractivity contribution is -0.127. The van der Waals surface area contributed by atoms with Crippen molar-refractivity contribution in [3.8, 4) is 11.4 Å². The number of hydrogen-bond donors (Lipinski definition) is 2. The highest BCUT2D eigenvalue weighted by molar-refractivity contribution is 5.86. The number of aromatic nitrogens is 4. The Hall–Kier alpha value is -3.16. The van der Waals surface area contributed by atoms with Gasteiger partial charge in [-0.1, -0.05) is 12.1 Å². The summed E-state index contributed by atoms with van der Waals surface area (Å²) in [6.07, 6.45) is 4.08. The van der Waals surface area contributed by atoms with Crippen LogP contribution in [0.2, 0.25) is 0 Å². The van der Waals surface area contributed by atoms with E-state index in [9.17, 15) is 4.79 Å². The Morgan fingerprint density at radius 3 is 2.86 bits per heavy atom. The molecule has 0 atom stereocenters. The molecule has 3 heterocycles. The van der Waals surface area contributed by atoms with Gasteiger partial charge in [0.2, 0.25) is 5.91 Å². The topological polar surface area (TPSA) is 102 Å². The fraction of sp³-hybridized carbons (Fsp3) is 0.429. The van der Waals surface area contributed by atoms with E-state index in [0.29, 0.717) is 17.9 Å². The molecule has 8 nitrogen and oxygen atoms in total. The van der Waals surface area contributed by atoms with Crippen molar-refractivity contribution >= 4 is 28.6 Å². The van der Waals surface area contributed by atoms with Gasteiger partial charge >= 0.3 is 0 Å². The quantitative estimate of drug-likeness (QED) is 0.472. The van der Waals surface area contributed by atoms with Crippen LogP contribution in [-0.4, -0.2) is 50.0 Å². The van der Waals surface area contributed by atoms with E-state index in [1.165, 1.54) is 0 Å². The summed E-state index contributed by atoms with van der Waals surface area (Å²) in [7, 11) is 0. The van der Waals surface area contributed by atoms with Gasteiger partial charge in [-0.15, -0.1) is 0 Å². The van der Waals surface area contributed by atoms with Crippen molar-refractivity contribution in [1.82, 2.24) is 24.4 Å². The van der Waals surface area contributed by atoms with Gasteiger partial charge in [0, 0.05) is 43.3 Å². The molecule has 0 unspecified atom stereocenters. The molecule has 2 aromatic heterocycles. The molecule has 8 heteroatoms. The highest BCUT2D eigenvalue weighted by Gasteiger charge is 2.20. The maximum absolute atomic E-state index is 11.7. The van der Waals surface area contributed by atoms with Gasteiger partial charge in [-0.25, -0.2) is 15.0 Å². The maximum atomic E-state index is 11.7. The lowest BCUT2D eigenvalue weighted by atomic mass is 10.2.